The third kappa shape index (κ3) is 2.69. The first-order chi connectivity index (χ1) is 10.1. The van der Waals surface area contributed by atoms with Gasteiger partial charge in [0.05, 0.1) is 18.2 Å². The number of carbonyl (C=O) groups is 2. The van der Waals surface area contributed by atoms with Gasteiger partial charge in [-0.05, 0) is 31.3 Å². The molecule has 2 aliphatic rings. The molecule has 0 saturated carbocycles. The van der Waals surface area contributed by atoms with Crippen LogP contribution in [0.3, 0.4) is 0 Å². The summed E-state index contributed by atoms with van der Waals surface area (Å²) < 4.78 is 13.0. The second-order valence-corrected chi connectivity index (χ2v) is 5.60. The van der Waals surface area contributed by atoms with Crippen LogP contribution in [0.5, 0.6) is 0 Å². The van der Waals surface area contributed by atoms with Crippen LogP contribution in [0.4, 0.5) is 10.1 Å². The fraction of sp³-hybridized carbons (Fsp3) is 0.467. The average Bonchev–Trinajstić information content (AvgIpc) is 2.76. The van der Waals surface area contributed by atoms with E-state index in [9.17, 15) is 14.0 Å². The summed E-state index contributed by atoms with van der Waals surface area (Å²) in [4.78, 5) is 30.2. The molecule has 2 heterocycles. The van der Waals surface area contributed by atoms with E-state index in [2.05, 4.69) is 9.80 Å². The molecule has 5 nitrogen and oxygen atoms in total. The summed E-state index contributed by atoms with van der Waals surface area (Å²) in [6, 6.07) is 5.09. The molecule has 0 aromatic heterocycles. The Labute approximate surface area is 122 Å². The first kappa shape index (κ1) is 14.2. The monoisotopic (exact) mass is 291 g/mol. The van der Waals surface area contributed by atoms with Crippen LogP contribution in [0.25, 0.3) is 0 Å². The SMILES string of the molecule is CN1CCN([C@@H]2CC(=O)N(c3ccc(F)cc3)C2=O)CC1. The lowest BCUT2D eigenvalue weighted by atomic mass is 10.2. The highest BCUT2D eigenvalue weighted by Gasteiger charge is 2.43. The van der Waals surface area contributed by atoms with E-state index in [1.165, 1.54) is 29.2 Å². The van der Waals surface area contributed by atoms with E-state index in [0.29, 0.717) is 5.69 Å². The number of hydrogen-bond acceptors (Lipinski definition) is 4. The fourth-order valence-electron chi connectivity index (χ4n) is 2.90. The summed E-state index contributed by atoms with van der Waals surface area (Å²) in [5, 5.41) is 0. The molecule has 0 N–H and O–H groups in total. The van der Waals surface area contributed by atoms with Gasteiger partial charge in [0.15, 0.2) is 0 Å². The lowest BCUT2D eigenvalue weighted by Crippen LogP contribution is -2.51. The van der Waals surface area contributed by atoms with Crippen LogP contribution >= 0.6 is 0 Å². The molecule has 0 aliphatic carbocycles. The minimum atomic E-state index is -0.381. The van der Waals surface area contributed by atoms with Crippen LogP contribution < -0.4 is 4.90 Å². The third-order valence-electron chi connectivity index (χ3n) is 4.19. The maximum atomic E-state index is 13.0. The molecule has 0 spiro atoms. The Balaban J connectivity index is 1.77. The molecular formula is C15H18FN3O2. The first-order valence-electron chi connectivity index (χ1n) is 7.11. The molecule has 0 unspecified atom stereocenters. The Bertz CT molecular complexity index is 553. The van der Waals surface area contributed by atoms with Gasteiger partial charge in [0, 0.05) is 26.2 Å². The van der Waals surface area contributed by atoms with Crippen molar-refractivity contribution >= 4 is 17.5 Å². The van der Waals surface area contributed by atoms with Gasteiger partial charge in [0.25, 0.3) is 5.91 Å². The van der Waals surface area contributed by atoms with Crippen molar-refractivity contribution in [1.29, 1.82) is 0 Å². The van der Waals surface area contributed by atoms with Gasteiger partial charge < -0.3 is 4.90 Å². The molecule has 1 aromatic carbocycles. The van der Waals surface area contributed by atoms with Gasteiger partial charge in [-0.15, -0.1) is 0 Å². The molecule has 0 radical (unpaired) electrons. The quantitative estimate of drug-likeness (QED) is 0.753. The van der Waals surface area contributed by atoms with Crippen LogP contribution in [0.1, 0.15) is 6.42 Å². The highest BCUT2D eigenvalue weighted by atomic mass is 19.1. The Morgan fingerprint density at radius 2 is 1.67 bits per heavy atom. The number of anilines is 1. The zero-order chi connectivity index (χ0) is 15.0. The number of imide groups is 1. The molecule has 2 aliphatic heterocycles. The van der Waals surface area contributed by atoms with Gasteiger partial charge in [-0.1, -0.05) is 0 Å². The normalized spacial score (nSPS) is 24.9. The zero-order valence-corrected chi connectivity index (χ0v) is 12.0. The van der Waals surface area contributed by atoms with Crippen molar-refractivity contribution in [1.82, 2.24) is 9.80 Å². The number of piperazine rings is 1. The number of rotatable bonds is 2. The number of hydrogen-bond donors (Lipinski definition) is 0. The largest absolute Gasteiger partial charge is 0.304 e. The minimum Gasteiger partial charge on any atom is -0.304 e. The third-order valence-corrected chi connectivity index (χ3v) is 4.19. The average molecular weight is 291 g/mol. The predicted octanol–water partition coefficient (Wildman–Crippen LogP) is 0.705. The van der Waals surface area contributed by atoms with Gasteiger partial charge >= 0.3 is 0 Å². The number of benzene rings is 1. The number of carbonyl (C=O) groups excluding carboxylic acids is 2. The summed E-state index contributed by atoms with van der Waals surface area (Å²) in [5.74, 6) is -0.792. The Morgan fingerprint density at radius 3 is 2.29 bits per heavy atom. The molecule has 0 bridgehead atoms. The summed E-state index contributed by atoms with van der Waals surface area (Å²) in [5.41, 5.74) is 0.447. The molecule has 1 atom stereocenters. The summed E-state index contributed by atoms with van der Waals surface area (Å²) >= 11 is 0. The van der Waals surface area contributed by atoms with Crippen LogP contribution in [0.15, 0.2) is 24.3 Å². The fourth-order valence-corrected chi connectivity index (χ4v) is 2.90. The van der Waals surface area contributed by atoms with E-state index in [1.807, 2.05) is 7.05 Å². The van der Waals surface area contributed by atoms with Crippen molar-refractivity contribution in [2.24, 2.45) is 0 Å². The topological polar surface area (TPSA) is 43.9 Å². The molecule has 2 amide bonds. The standard InChI is InChI=1S/C15H18FN3O2/c1-17-6-8-18(9-7-17)13-10-14(20)19(15(13)21)12-4-2-11(16)3-5-12/h2-5,13H,6-10H2,1H3/t13-/m1/s1. The molecular weight excluding hydrogens is 273 g/mol. The van der Waals surface area contributed by atoms with Crippen molar-refractivity contribution in [3.05, 3.63) is 30.1 Å². The lowest BCUT2D eigenvalue weighted by molar-refractivity contribution is -0.123. The van der Waals surface area contributed by atoms with E-state index in [0.717, 1.165) is 26.2 Å². The second-order valence-electron chi connectivity index (χ2n) is 5.60. The van der Waals surface area contributed by atoms with E-state index in [1.54, 1.807) is 0 Å². The smallest absolute Gasteiger partial charge is 0.251 e. The van der Waals surface area contributed by atoms with Crippen LogP contribution in [0, 0.1) is 5.82 Å². The highest BCUT2D eigenvalue weighted by molar-refractivity contribution is 6.22. The summed E-state index contributed by atoms with van der Waals surface area (Å²) in [6.07, 6.45) is 0.208. The molecule has 21 heavy (non-hydrogen) atoms. The second kappa shape index (κ2) is 5.54. The maximum absolute atomic E-state index is 13.0. The van der Waals surface area contributed by atoms with Gasteiger partial charge in [-0.3, -0.25) is 14.5 Å². The van der Waals surface area contributed by atoms with Gasteiger partial charge in [0.2, 0.25) is 5.91 Å². The molecule has 6 heteroatoms. The Morgan fingerprint density at radius 1 is 1.05 bits per heavy atom. The minimum absolute atomic E-state index is 0.198. The zero-order valence-electron chi connectivity index (χ0n) is 12.0. The summed E-state index contributed by atoms with van der Waals surface area (Å²) in [7, 11) is 2.05. The molecule has 2 saturated heterocycles. The maximum Gasteiger partial charge on any atom is 0.251 e. The van der Waals surface area contributed by atoms with E-state index in [4.69, 9.17) is 0 Å². The van der Waals surface area contributed by atoms with Crippen molar-refractivity contribution in [2.45, 2.75) is 12.5 Å². The number of halogens is 1. The van der Waals surface area contributed by atoms with Crippen molar-refractivity contribution < 1.29 is 14.0 Å². The van der Waals surface area contributed by atoms with E-state index >= 15 is 0 Å². The molecule has 3 rings (SSSR count). The molecule has 1 aromatic rings. The van der Waals surface area contributed by atoms with Crippen LogP contribution in [-0.2, 0) is 9.59 Å². The number of nitrogens with zero attached hydrogens (tertiary/aromatic N) is 3. The van der Waals surface area contributed by atoms with Gasteiger partial charge in [-0.2, -0.15) is 0 Å². The summed E-state index contributed by atoms with van der Waals surface area (Å²) in [6.45, 7) is 3.37. The van der Waals surface area contributed by atoms with Crippen molar-refractivity contribution in [2.75, 3.05) is 38.1 Å². The van der Waals surface area contributed by atoms with Crippen LogP contribution in [0.2, 0.25) is 0 Å². The van der Waals surface area contributed by atoms with E-state index in [-0.39, 0.29) is 30.1 Å². The van der Waals surface area contributed by atoms with Gasteiger partial charge in [0.1, 0.15) is 5.82 Å². The van der Waals surface area contributed by atoms with Crippen molar-refractivity contribution in [3.63, 3.8) is 0 Å². The molecule has 112 valence electrons. The number of amides is 2. The Hall–Kier alpha value is -1.79. The highest BCUT2D eigenvalue weighted by Crippen LogP contribution is 2.26. The first-order valence-corrected chi connectivity index (χ1v) is 7.11. The van der Waals surface area contributed by atoms with Gasteiger partial charge in [-0.25, -0.2) is 9.29 Å². The molecule has 2 fully saturated rings. The van der Waals surface area contributed by atoms with E-state index < -0.39 is 0 Å². The lowest BCUT2D eigenvalue weighted by Gasteiger charge is -2.35. The Kier molecular flexibility index (Phi) is 3.73. The number of likely N-dealkylation sites (N-methyl/N-ethyl adjacent to an activating group) is 1. The van der Waals surface area contributed by atoms with Crippen molar-refractivity contribution in [3.8, 4) is 0 Å². The predicted molar refractivity (Wildman–Crippen MR) is 76.4 cm³/mol. The van der Waals surface area contributed by atoms with Crippen LogP contribution in [-0.4, -0.2) is 60.9 Å².